The number of anilines is 1. The molecule has 2 heterocycles. The molecule has 2 rings (SSSR count). The van der Waals surface area contributed by atoms with E-state index in [4.69, 9.17) is 4.98 Å². The van der Waals surface area contributed by atoms with Gasteiger partial charge < -0.3 is 5.32 Å². The van der Waals surface area contributed by atoms with Gasteiger partial charge in [-0.3, -0.25) is 4.68 Å². The van der Waals surface area contributed by atoms with Crippen LogP contribution in [0.5, 0.6) is 0 Å². The minimum Gasteiger partial charge on any atom is -0.370 e. The Balaban J connectivity index is 2.63. The number of hydrogen-bond donors (Lipinski definition) is 1. The Morgan fingerprint density at radius 2 is 1.95 bits per heavy atom. The van der Waals surface area contributed by atoms with Crippen LogP contribution in [-0.4, -0.2) is 26.3 Å². The van der Waals surface area contributed by atoms with Gasteiger partial charge in [-0.2, -0.15) is 5.10 Å². The summed E-state index contributed by atoms with van der Waals surface area (Å²) in [5.41, 5.74) is 2.73. The second-order valence-corrected chi connectivity index (χ2v) is 6.02. The van der Waals surface area contributed by atoms with Crippen LogP contribution in [0, 0.1) is 6.92 Å². The Hall–Kier alpha value is -1.91. The standard InChI is InChI=1S/C15H23N5/c1-7-16-13-10(2)12(11-8-9-20(6)19-11)17-14(18-13)15(3,4)5/h8-9H,7H2,1-6H3,(H,16,17,18). The molecule has 0 spiro atoms. The van der Waals surface area contributed by atoms with E-state index in [9.17, 15) is 0 Å². The number of nitrogens with zero attached hydrogens (tertiary/aromatic N) is 4. The van der Waals surface area contributed by atoms with Gasteiger partial charge in [0.2, 0.25) is 0 Å². The molecule has 2 aromatic heterocycles. The van der Waals surface area contributed by atoms with E-state index in [1.807, 2.05) is 26.2 Å². The summed E-state index contributed by atoms with van der Waals surface area (Å²) in [6, 6.07) is 1.98. The van der Waals surface area contributed by atoms with Crippen LogP contribution in [0.1, 0.15) is 39.1 Å². The molecule has 1 N–H and O–H groups in total. The first-order chi connectivity index (χ1) is 9.32. The smallest absolute Gasteiger partial charge is 0.136 e. The van der Waals surface area contributed by atoms with Gasteiger partial charge in [0.15, 0.2) is 0 Å². The van der Waals surface area contributed by atoms with Crippen LogP contribution in [0.2, 0.25) is 0 Å². The van der Waals surface area contributed by atoms with E-state index in [0.29, 0.717) is 0 Å². The number of aromatic nitrogens is 4. The summed E-state index contributed by atoms with van der Waals surface area (Å²) in [6.07, 6.45) is 1.93. The van der Waals surface area contributed by atoms with Crippen molar-refractivity contribution in [2.24, 2.45) is 7.05 Å². The summed E-state index contributed by atoms with van der Waals surface area (Å²) in [6.45, 7) is 11.3. The molecule has 0 aliphatic carbocycles. The first-order valence-electron chi connectivity index (χ1n) is 6.96. The van der Waals surface area contributed by atoms with Gasteiger partial charge in [0.25, 0.3) is 0 Å². The van der Waals surface area contributed by atoms with E-state index >= 15 is 0 Å². The van der Waals surface area contributed by atoms with E-state index in [0.717, 1.165) is 35.1 Å². The Morgan fingerprint density at radius 3 is 2.45 bits per heavy atom. The van der Waals surface area contributed by atoms with Gasteiger partial charge in [0.1, 0.15) is 17.3 Å². The Labute approximate surface area is 120 Å². The number of aryl methyl sites for hydroxylation is 1. The fourth-order valence-corrected chi connectivity index (χ4v) is 1.98. The minimum absolute atomic E-state index is 0.0958. The van der Waals surface area contributed by atoms with Crippen LogP contribution in [0.3, 0.4) is 0 Å². The van der Waals surface area contributed by atoms with Crippen molar-refractivity contribution < 1.29 is 0 Å². The normalized spacial score (nSPS) is 11.7. The average molecular weight is 273 g/mol. The molecular formula is C15H23N5. The second kappa shape index (κ2) is 5.23. The molecule has 0 radical (unpaired) electrons. The van der Waals surface area contributed by atoms with Crippen molar-refractivity contribution in [3.8, 4) is 11.4 Å². The highest BCUT2D eigenvalue weighted by molar-refractivity contribution is 5.65. The molecule has 0 aliphatic heterocycles. The van der Waals surface area contributed by atoms with Gasteiger partial charge in [0, 0.05) is 30.8 Å². The molecule has 0 aromatic carbocycles. The molecule has 108 valence electrons. The molecule has 0 saturated heterocycles. The molecule has 0 aliphatic rings. The third-order valence-electron chi connectivity index (χ3n) is 3.12. The van der Waals surface area contributed by atoms with Crippen LogP contribution < -0.4 is 5.32 Å². The average Bonchev–Trinajstić information content (AvgIpc) is 2.77. The molecule has 0 atom stereocenters. The third kappa shape index (κ3) is 2.81. The maximum absolute atomic E-state index is 4.74. The topological polar surface area (TPSA) is 55.6 Å². The van der Waals surface area contributed by atoms with Gasteiger partial charge in [-0.15, -0.1) is 0 Å². The first kappa shape index (κ1) is 14.5. The summed E-state index contributed by atoms with van der Waals surface area (Å²) < 4.78 is 1.79. The zero-order chi connectivity index (χ0) is 14.9. The molecule has 5 nitrogen and oxygen atoms in total. The second-order valence-electron chi connectivity index (χ2n) is 6.02. The monoisotopic (exact) mass is 273 g/mol. The molecule has 0 unspecified atom stereocenters. The lowest BCUT2D eigenvalue weighted by molar-refractivity contribution is 0.546. The van der Waals surface area contributed by atoms with Gasteiger partial charge in [-0.1, -0.05) is 20.8 Å². The lowest BCUT2D eigenvalue weighted by Crippen LogP contribution is -2.19. The Bertz CT molecular complexity index is 607. The zero-order valence-electron chi connectivity index (χ0n) is 13.2. The summed E-state index contributed by atoms with van der Waals surface area (Å²) in [5.74, 6) is 1.73. The molecule has 0 fully saturated rings. The van der Waals surface area contributed by atoms with Crippen molar-refractivity contribution in [3.05, 3.63) is 23.7 Å². The number of nitrogens with one attached hydrogen (secondary N) is 1. The van der Waals surface area contributed by atoms with E-state index in [-0.39, 0.29) is 5.41 Å². The van der Waals surface area contributed by atoms with Crippen molar-refractivity contribution in [2.45, 2.75) is 40.0 Å². The Morgan fingerprint density at radius 1 is 1.25 bits per heavy atom. The molecule has 0 amide bonds. The predicted molar refractivity (Wildman–Crippen MR) is 81.8 cm³/mol. The lowest BCUT2D eigenvalue weighted by Gasteiger charge is -2.20. The zero-order valence-corrected chi connectivity index (χ0v) is 13.2. The van der Waals surface area contributed by atoms with Crippen LogP contribution in [0.25, 0.3) is 11.4 Å². The van der Waals surface area contributed by atoms with E-state index in [2.05, 4.69) is 43.1 Å². The van der Waals surface area contributed by atoms with Crippen molar-refractivity contribution in [3.63, 3.8) is 0 Å². The van der Waals surface area contributed by atoms with Crippen LogP contribution in [0.4, 0.5) is 5.82 Å². The number of rotatable bonds is 3. The fourth-order valence-electron chi connectivity index (χ4n) is 1.98. The SMILES string of the molecule is CCNc1nc(C(C)(C)C)nc(-c2ccn(C)n2)c1C. The number of hydrogen-bond acceptors (Lipinski definition) is 4. The molecule has 0 bridgehead atoms. The molecule has 0 saturated carbocycles. The van der Waals surface area contributed by atoms with Crippen molar-refractivity contribution in [1.29, 1.82) is 0 Å². The van der Waals surface area contributed by atoms with Crippen LogP contribution >= 0.6 is 0 Å². The fraction of sp³-hybridized carbons (Fsp3) is 0.533. The van der Waals surface area contributed by atoms with Crippen molar-refractivity contribution in [2.75, 3.05) is 11.9 Å². The maximum Gasteiger partial charge on any atom is 0.136 e. The molecule has 20 heavy (non-hydrogen) atoms. The van der Waals surface area contributed by atoms with Crippen LogP contribution in [0.15, 0.2) is 12.3 Å². The quantitative estimate of drug-likeness (QED) is 0.934. The van der Waals surface area contributed by atoms with Gasteiger partial charge >= 0.3 is 0 Å². The highest BCUT2D eigenvalue weighted by atomic mass is 15.3. The minimum atomic E-state index is -0.0958. The van der Waals surface area contributed by atoms with E-state index < -0.39 is 0 Å². The highest BCUT2D eigenvalue weighted by Gasteiger charge is 2.22. The summed E-state index contributed by atoms with van der Waals surface area (Å²) >= 11 is 0. The van der Waals surface area contributed by atoms with Crippen molar-refractivity contribution in [1.82, 2.24) is 19.7 Å². The molecular weight excluding hydrogens is 250 g/mol. The summed E-state index contributed by atoms with van der Waals surface area (Å²) in [5, 5.41) is 7.78. The van der Waals surface area contributed by atoms with Gasteiger partial charge in [-0.05, 0) is 19.9 Å². The predicted octanol–water partition coefficient (Wildman–Crippen LogP) is 2.91. The highest BCUT2D eigenvalue weighted by Crippen LogP contribution is 2.28. The van der Waals surface area contributed by atoms with E-state index in [1.165, 1.54) is 0 Å². The van der Waals surface area contributed by atoms with Crippen LogP contribution in [-0.2, 0) is 12.5 Å². The Kier molecular flexibility index (Phi) is 3.79. The van der Waals surface area contributed by atoms with Gasteiger partial charge in [0.05, 0.1) is 5.69 Å². The van der Waals surface area contributed by atoms with Gasteiger partial charge in [-0.25, -0.2) is 9.97 Å². The largest absolute Gasteiger partial charge is 0.370 e. The lowest BCUT2D eigenvalue weighted by atomic mass is 9.95. The molecule has 2 aromatic rings. The first-order valence-corrected chi connectivity index (χ1v) is 6.96. The summed E-state index contributed by atoms with van der Waals surface area (Å²) in [4.78, 5) is 9.41. The maximum atomic E-state index is 4.74. The molecule has 5 heteroatoms. The summed E-state index contributed by atoms with van der Waals surface area (Å²) in [7, 11) is 1.91. The van der Waals surface area contributed by atoms with E-state index in [1.54, 1.807) is 4.68 Å². The third-order valence-corrected chi connectivity index (χ3v) is 3.12. The van der Waals surface area contributed by atoms with Crippen molar-refractivity contribution >= 4 is 5.82 Å².